The Kier molecular flexibility index (Phi) is 6.35. The smallest absolute Gasteiger partial charge is 0.159 e. The number of hydrogen-bond donors (Lipinski definition) is 2. The predicted octanol–water partition coefficient (Wildman–Crippen LogP) is 6.63. The van der Waals surface area contributed by atoms with E-state index in [1.165, 1.54) is 24.0 Å². The third-order valence-electron chi connectivity index (χ3n) is 11.6. The number of carbonyl (C=O) groups is 1. The van der Waals surface area contributed by atoms with Crippen molar-refractivity contribution in [2.45, 2.75) is 112 Å². The maximum absolute atomic E-state index is 14.0. The predicted molar refractivity (Wildman–Crippen MR) is 135 cm³/mol. The van der Waals surface area contributed by atoms with E-state index in [0.717, 1.165) is 44.1 Å². The van der Waals surface area contributed by atoms with E-state index in [9.17, 15) is 15.0 Å². The standard InChI is InChI=1S/C30H48O3/c1-19(18-31)9-8-10-20(2)21-13-16-29(6)22-11-12-24-27(3,4)25(33)14-15-28(24,5)26(22)23(32)17-30(21,29)7/h9,20-21,24-25,31,33H,8,10-18H2,1-7H3/b19-9+/t20-,21-,24+,25+,28+,29+,30-/m1/s1. The number of allylic oxidation sites excluding steroid dienone is 3. The molecule has 0 unspecified atom stereocenters. The summed E-state index contributed by atoms with van der Waals surface area (Å²) in [5, 5.41) is 20.1. The van der Waals surface area contributed by atoms with E-state index in [4.69, 9.17) is 0 Å². The Labute approximate surface area is 202 Å². The summed E-state index contributed by atoms with van der Waals surface area (Å²) in [7, 11) is 0. The van der Waals surface area contributed by atoms with E-state index in [2.05, 4.69) is 47.6 Å². The van der Waals surface area contributed by atoms with Gasteiger partial charge in [-0.25, -0.2) is 0 Å². The molecule has 4 aliphatic rings. The van der Waals surface area contributed by atoms with E-state index in [1.807, 2.05) is 6.92 Å². The Balaban J connectivity index is 1.67. The molecule has 3 heteroatoms. The number of carbonyl (C=O) groups excluding carboxylic acids is 1. The second kappa shape index (κ2) is 8.33. The highest BCUT2D eigenvalue weighted by Crippen LogP contribution is 2.71. The Morgan fingerprint density at radius 1 is 1.12 bits per heavy atom. The van der Waals surface area contributed by atoms with Gasteiger partial charge in [0.05, 0.1) is 12.7 Å². The van der Waals surface area contributed by atoms with Gasteiger partial charge in [0.15, 0.2) is 5.78 Å². The molecule has 7 atom stereocenters. The van der Waals surface area contributed by atoms with Crippen LogP contribution in [-0.2, 0) is 4.79 Å². The number of aliphatic hydroxyl groups is 2. The molecule has 0 aliphatic heterocycles. The second-order valence-corrected chi connectivity index (χ2v) is 13.5. The van der Waals surface area contributed by atoms with Gasteiger partial charge in [-0.05, 0) is 97.7 Å². The van der Waals surface area contributed by atoms with E-state index in [-0.39, 0.29) is 34.4 Å². The molecule has 2 saturated carbocycles. The first kappa shape index (κ1) is 25.2. The number of Topliss-reactive ketones (excluding diaryl/α,β-unsaturated/α-hetero) is 1. The van der Waals surface area contributed by atoms with E-state index in [0.29, 0.717) is 30.0 Å². The Hall–Kier alpha value is -0.930. The fourth-order valence-corrected chi connectivity index (χ4v) is 9.29. The van der Waals surface area contributed by atoms with Crippen LogP contribution in [0, 0.1) is 39.4 Å². The van der Waals surface area contributed by atoms with Gasteiger partial charge in [-0.15, -0.1) is 0 Å². The molecular formula is C30H48O3. The van der Waals surface area contributed by atoms with E-state index in [1.54, 1.807) is 0 Å². The Morgan fingerprint density at radius 3 is 2.48 bits per heavy atom. The number of hydrogen-bond acceptors (Lipinski definition) is 3. The van der Waals surface area contributed by atoms with Crippen LogP contribution in [0.25, 0.3) is 0 Å². The number of ketones is 1. The van der Waals surface area contributed by atoms with Crippen molar-refractivity contribution >= 4 is 5.78 Å². The molecule has 0 aromatic carbocycles. The molecule has 0 heterocycles. The van der Waals surface area contributed by atoms with Crippen molar-refractivity contribution in [2.24, 2.45) is 39.4 Å². The van der Waals surface area contributed by atoms with Gasteiger partial charge in [0.1, 0.15) is 0 Å². The minimum absolute atomic E-state index is 0.0327. The van der Waals surface area contributed by atoms with Gasteiger partial charge in [0, 0.05) is 12.0 Å². The molecule has 0 aromatic rings. The average Bonchev–Trinajstić information content (AvgIpc) is 3.02. The van der Waals surface area contributed by atoms with Crippen molar-refractivity contribution in [2.75, 3.05) is 6.61 Å². The van der Waals surface area contributed by atoms with Crippen molar-refractivity contribution in [1.82, 2.24) is 0 Å². The minimum atomic E-state index is -0.266. The van der Waals surface area contributed by atoms with E-state index < -0.39 is 0 Å². The molecule has 2 N–H and O–H groups in total. The highest BCUT2D eigenvalue weighted by atomic mass is 16.3. The van der Waals surface area contributed by atoms with Crippen LogP contribution in [0.2, 0.25) is 0 Å². The Bertz CT molecular complexity index is 866. The van der Waals surface area contributed by atoms with E-state index >= 15 is 0 Å². The molecule has 2 fully saturated rings. The normalized spacial score (nSPS) is 43.7. The van der Waals surface area contributed by atoms with Crippen molar-refractivity contribution < 1.29 is 15.0 Å². The van der Waals surface area contributed by atoms with Gasteiger partial charge in [-0.3, -0.25) is 4.79 Å². The number of fused-ring (bicyclic) bond motifs is 4. The average molecular weight is 457 g/mol. The minimum Gasteiger partial charge on any atom is -0.393 e. The molecule has 0 saturated heterocycles. The molecule has 0 spiro atoms. The lowest BCUT2D eigenvalue weighted by molar-refractivity contribution is -0.131. The topological polar surface area (TPSA) is 57.5 Å². The van der Waals surface area contributed by atoms with Crippen molar-refractivity contribution in [3.05, 3.63) is 22.8 Å². The quantitative estimate of drug-likeness (QED) is 0.456. The highest BCUT2D eigenvalue weighted by Gasteiger charge is 2.65. The molecule has 0 radical (unpaired) electrons. The summed E-state index contributed by atoms with van der Waals surface area (Å²) in [5.41, 5.74) is 3.66. The van der Waals surface area contributed by atoms with Gasteiger partial charge < -0.3 is 10.2 Å². The molecule has 0 bridgehead atoms. The van der Waals surface area contributed by atoms with Gasteiger partial charge in [-0.1, -0.05) is 58.8 Å². The summed E-state index contributed by atoms with van der Waals surface area (Å²) in [4.78, 5) is 14.0. The lowest BCUT2D eigenvalue weighted by atomic mass is 9.43. The first-order valence-electron chi connectivity index (χ1n) is 13.5. The fraction of sp³-hybridized carbons (Fsp3) is 0.833. The third kappa shape index (κ3) is 3.54. The summed E-state index contributed by atoms with van der Waals surface area (Å²) < 4.78 is 0. The van der Waals surface area contributed by atoms with Crippen LogP contribution >= 0.6 is 0 Å². The molecule has 3 nitrogen and oxygen atoms in total. The summed E-state index contributed by atoms with van der Waals surface area (Å²) in [6, 6.07) is 0. The monoisotopic (exact) mass is 456 g/mol. The lowest BCUT2D eigenvalue weighted by Crippen LogP contribution is -2.57. The van der Waals surface area contributed by atoms with Crippen molar-refractivity contribution in [3.63, 3.8) is 0 Å². The zero-order chi connectivity index (χ0) is 24.4. The van der Waals surface area contributed by atoms with Crippen molar-refractivity contribution in [3.8, 4) is 0 Å². The maximum atomic E-state index is 14.0. The van der Waals surface area contributed by atoms with Crippen LogP contribution in [0.3, 0.4) is 0 Å². The zero-order valence-corrected chi connectivity index (χ0v) is 22.3. The van der Waals surface area contributed by atoms with Gasteiger partial charge in [0.2, 0.25) is 0 Å². The molecule has 186 valence electrons. The highest BCUT2D eigenvalue weighted by molar-refractivity contribution is 5.99. The van der Waals surface area contributed by atoms with Crippen LogP contribution in [0.4, 0.5) is 0 Å². The summed E-state index contributed by atoms with van der Waals surface area (Å²) in [6.07, 6.45) is 11.0. The zero-order valence-electron chi connectivity index (χ0n) is 22.3. The lowest BCUT2D eigenvalue weighted by Gasteiger charge is -2.61. The first-order chi connectivity index (χ1) is 15.3. The van der Waals surface area contributed by atoms with Crippen LogP contribution in [0.15, 0.2) is 22.8 Å². The molecule has 4 aliphatic carbocycles. The molecule has 4 rings (SSSR count). The van der Waals surface area contributed by atoms with Crippen LogP contribution in [0.1, 0.15) is 106 Å². The van der Waals surface area contributed by atoms with Crippen molar-refractivity contribution in [1.29, 1.82) is 0 Å². The van der Waals surface area contributed by atoms with Gasteiger partial charge in [-0.2, -0.15) is 0 Å². The molecular weight excluding hydrogens is 408 g/mol. The number of rotatable bonds is 5. The maximum Gasteiger partial charge on any atom is 0.159 e. The Morgan fingerprint density at radius 2 is 1.82 bits per heavy atom. The molecule has 33 heavy (non-hydrogen) atoms. The molecule has 0 aromatic heterocycles. The van der Waals surface area contributed by atoms with Gasteiger partial charge >= 0.3 is 0 Å². The molecule has 0 amide bonds. The third-order valence-corrected chi connectivity index (χ3v) is 11.6. The summed E-state index contributed by atoms with van der Waals surface area (Å²) >= 11 is 0. The second-order valence-electron chi connectivity index (χ2n) is 13.5. The first-order valence-corrected chi connectivity index (χ1v) is 13.5. The summed E-state index contributed by atoms with van der Waals surface area (Å²) in [6.45, 7) is 16.3. The van der Waals surface area contributed by atoms with Gasteiger partial charge in [0.25, 0.3) is 0 Å². The van der Waals surface area contributed by atoms with Crippen LogP contribution in [-0.4, -0.2) is 28.7 Å². The van der Waals surface area contributed by atoms with Crippen LogP contribution < -0.4 is 0 Å². The van der Waals surface area contributed by atoms with Crippen LogP contribution in [0.5, 0.6) is 0 Å². The largest absolute Gasteiger partial charge is 0.393 e. The fourth-order valence-electron chi connectivity index (χ4n) is 9.29. The summed E-state index contributed by atoms with van der Waals surface area (Å²) in [5.74, 6) is 1.94. The SMILES string of the molecule is C/C(=C\CC[C@@H](C)[C@H]1CC[C@@]2(C)C3=C(C(=O)C[C@]12C)[C@@]1(C)CC[C@H](O)C(C)(C)[C@@H]1CC3)CO. The number of aliphatic hydroxyl groups excluding tert-OH is 2.